The molecule has 0 saturated heterocycles. The molecular weight excluding hydrogens is 261 g/mol. The third kappa shape index (κ3) is 2.98. The molecule has 0 fully saturated rings. The van der Waals surface area contributed by atoms with Crippen LogP contribution in [0.25, 0.3) is 0 Å². The van der Waals surface area contributed by atoms with E-state index < -0.39 is 10.0 Å². The van der Waals surface area contributed by atoms with Crippen molar-refractivity contribution in [2.75, 3.05) is 0 Å². The number of hydrogen-bond acceptors (Lipinski definition) is 3. The average Bonchev–Trinajstić information content (AvgIpc) is 2.82. The number of thiophene rings is 1. The standard InChI is InChI=1S/C11H8FNO2S2/c12-10-5-3-9(4-6-10)8-13-17(14,15)11-2-1-7-16-11/h1-8H/b13-8+. The normalized spacial score (nSPS) is 12.1. The predicted octanol–water partition coefficient (Wildman–Crippen LogP) is 2.70. The van der Waals surface area contributed by atoms with Crippen LogP contribution in [-0.4, -0.2) is 14.6 Å². The maximum absolute atomic E-state index is 12.6. The van der Waals surface area contributed by atoms with Gasteiger partial charge < -0.3 is 0 Å². The first-order chi connectivity index (χ1) is 8.08. The molecule has 1 heterocycles. The molecule has 3 nitrogen and oxygen atoms in total. The molecule has 0 amide bonds. The Bertz CT molecular complexity index is 616. The Labute approximate surface area is 102 Å². The molecule has 88 valence electrons. The van der Waals surface area contributed by atoms with Gasteiger partial charge in [-0.05, 0) is 29.1 Å². The van der Waals surface area contributed by atoms with E-state index in [0.717, 1.165) is 11.3 Å². The minimum absolute atomic E-state index is 0.191. The molecule has 2 rings (SSSR count). The first kappa shape index (κ1) is 11.9. The Balaban J connectivity index is 2.24. The zero-order chi connectivity index (χ0) is 12.3. The molecule has 1 aromatic heterocycles. The highest BCUT2D eigenvalue weighted by atomic mass is 32.2. The fourth-order valence-corrected chi connectivity index (χ4v) is 2.99. The third-order valence-corrected chi connectivity index (χ3v) is 4.57. The quantitative estimate of drug-likeness (QED) is 0.804. The second kappa shape index (κ2) is 4.77. The molecule has 0 aliphatic rings. The van der Waals surface area contributed by atoms with E-state index in [1.165, 1.54) is 36.5 Å². The van der Waals surface area contributed by atoms with Crippen molar-refractivity contribution in [1.82, 2.24) is 0 Å². The SMILES string of the molecule is O=S(=O)(/N=C/c1ccc(F)cc1)c1cccs1. The lowest BCUT2D eigenvalue weighted by molar-refractivity contribution is 0.600. The van der Waals surface area contributed by atoms with Gasteiger partial charge in [-0.15, -0.1) is 11.3 Å². The maximum Gasteiger partial charge on any atom is 0.291 e. The Morgan fingerprint density at radius 1 is 1.18 bits per heavy atom. The number of nitrogens with zero attached hydrogens (tertiary/aromatic N) is 1. The predicted molar refractivity (Wildman–Crippen MR) is 65.5 cm³/mol. The zero-order valence-electron chi connectivity index (χ0n) is 8.58. The highest BCUT2D eigenvalue weighted by Crippen LogP contribution is 2.18. The summed E-state index contributed by atoms with van der Waals surface area (Å²) in [5.74, 6) is -0.372. The summed E-state index contributed by atoms with van der Waals surface area (Å²) in [7, 11) is -3.63. The van der Waals surface area contributed by atoms with E-state index in [4.69, 9.17) is 0 Å². The smallest absolute Gasteiger partial charge is 0.207 e. The van der Waals surface area contributed by atoms with Crippen LogP contribution in [-0.2, 0) is 10.0 Å². The fourth-order valence-electron chi connectivity index (χ4n) is 1.14. The molecule has 6 heteroatoms. The summed E-state index contributed by atoms with van der Waals surface area (Å²) < 4.78 is 39.7. The molecule has 0 N–H and O–H groups in total. The summed E-state index contributed by atoms with van der Waals surface area (Å²) in [5, 5.41) is 1.67. The van der Waals surface area contributed by atoms with Crippen molar-refractivity contribution in [3.05, 3.63) is 53.2 Å². The van der Waals surface area contributed by atoms with Gasteiger partial charge in [-0.2, -0.15) is 12.8 Å². The van der Waals surface area contributed by atoms with Crippen LogP contribution in [0.15, 0.2) is 50.4 Å². The minimum Gasteiger partial charge on any atom is -0.207 e. The van der Waals surface area contributed by atoms with Crippen molar-refractivity contribution in [2.24, 2.45) is 4.40 Å². The largest absolute Gasteiger partial charge is 0.291 e. The lowest BCUT2D eigenvalue weighted by atomic mass is 10.2. The number of benzene rings is 1. The second-order valence-corrected chi connectivity index (χ2v) is 6.00. The highest BCUT2D eigenvalue weighted by Gasteiger charge is 2.11. The molecule has 0 aliphatic carbocycles. The van der Waals surface area contributed by atoms with Crippen molar-refractivity contribution in [3.63, 3.8) is 0 Å². The van der Waals surface area contributed by atoms with Crippen LogP contribution in [0.3, 0.4) is 0 Å². The van der Waals surface area contributed by atoms with Crippen LogP contribution in [0.5, 0.6) is 0 Å². The monoisotopic (exact) mass is 269 g/mol. The lowest BCUT2D eigenvalue weighted by Crippen LogP contribution is -1.94. The van der Waals surface area contributed by atoms with E-state index in [-0.39, 0.29) is 10.0 Å². The Morgan fingerprint density at radius 3 is 2.47 bits per heavy atom. The van der Waals surface area contributed by atoms with Gasteiger partial charge >= 0.3 is 0 Å². The van der Waals surface area contributed by atoms with Gasteiger partial charge in [0.2, 0.25) is 0 Å². The Morgan fingerprint density at radius 2 is 1.88 bits per heavy atom. The van der Waals surface area contributed by atoms with E-state index in [1.807, 2.05) is 0 Å². The van der Waals surface area contributed by atoms with Crippen LogP contribution < -0.4 is 0 Å². The summed E-state index contributed by atoms with van der Waals surface area (Å²) in [5.41, 5.74) is 0.534. The fraction of sp³-hybridized carbons (Fsp3) is 0. The van der Waals surface area contributed by atoms with E-state index >= 15 is 0 Å². The molecule has 0 saturated carbocycles. The first-order valence-corrected chi connectivity index (χ1v) is 6.99. The molecule has 2 aromatic rings. The molecular formula is C11H8FNO2S2. The molecule has 0 spiro atoms. The molecule has 0 unspecified atom stereocenters. The molecule has 1 aromatic carbocycles. The van der Waals surface area contributed by atoms with E-state index in [9.17, 15) is 12.8 Å². The summed E-state index contributed by atoms with van der Waals surface area (Å²) in [6.07, 6.45) is 1.20. The number of halogens is 1. The summed E-state index contributed by atoms with van der Waals surface area (Å²) in [6.45, 7) is 0. The molecule has 0 radical (unpaired) electrons. The topological polar surface area (TPSA) is 46.5 Å². The van der Waals surface area contributed by atoms with Crippen molar-refractivity contribution in [1.29, 1.82) is 0 Å². The molecule has 0 atom stereocenters. The molecule has 0 aliphatic heterocycles. The molecule has 0 bridgehead atoms. The van der Waals surface area contributed by atoms with E-state index in [1.54, 1.807) is 11.4 Å². The highest BCUT2D eigenvalue weighted by molar-refractivity contribution is 7.92. The minimum atomic E-state index is -3.63. The van der Waals surface area contributed by atoms with Gasteiger partial charge in [0.05, 0.1) is 0 Å². The van der Waals surface area contributed by atoms with Crippen molar-refractivity contribution in [2.45, 2.75) is 4.21 Å². The summed E-state index contributed by atoms with van der Waals surface area (Å²) in [4.78, 5) is 0. The zero-order valence-corrected chi connectivity index (χ0v) is 10.2. The number of hydrogen-bond donors (Lipinski definition) is 0. The van der Waals surface area contributed by atoms with Gasteiger partial charge in [0.25, 0.3) is 10.0 Å². The van der Waals surface area contributed by atoms with Gasteiger partial charge in [-0.1, -0.05) is 18.2 Å². The van der Waals surface area contributed by atoms with Gasteiger partial charge in [0.1, 0.15) is 10.0 Å². The van der Waals surface area contributed by atoms with Crippen molar-refractivity contribution < 1.29 is 12.8 Å². The summed E-state index contributed by atoms with van der Waals surface area (Å²) >= 11 is 1.11. The second-order valence-electron chi connectivity index (χ2n) is 3.19. The van der Waals surface area contributed by atoms with Crippen LogP contribution in [0.2, 0.25) is 0 Å². The number of rotatable bonds is 3. The third-order valence-electron chi connectivity index (χ3n) is 1.96. The van der Waals surface area contributed by atoms with Gasteiger partial charge in [0.15, 0.2) is 0 Å². The Hall–Kier alpha value is -1.53. The Kier molecular flexibility index (Phi) is 3.35. The van der Waals surface area contributed by atoms with Crippen molar-refractivity contribution in [3.8, 4) is 0 Å². The van der Waals surface area contributed by atoms with Crippen LogP contribution in [0.4, 0.5) is 4.39 Å². The maximum atomic E-state index is 12.6. The van der Waals surface area contributed by atoms with Crippen LogP contribution in [0, 0.1) is 5.82 Å². The van der Waals surface area contributed by atoms with Crippen LogP contribution >= 0.6 is 11.3 Å². The van der Waals surface area contributed by atoms with Gasteiger partial charge in [-0.3, -0.25) is 0 Å². The van der Waals surface area contributed by atoms with Crippen LogP contribution in [0.1, 0.15) is 5.56 Å². The first-order valence-electron chi connectivity index (χ1n) is 4.67. The van der Waals surface area contributed by atoms with Gasteiger partial charge in [0, 0.05) is 6.21 Å². The van der Waals surface area contributed by atoms with Gasteiger partial charge in [-0.25, -0.2) is 4.39 Å². The average molecular weight is 269 g/mol. The van der Waals surface area contributed by atoms with E-state index in [2.05, 4.69) is 4.40 Å². The lowest BCUT2D eigenvalue weighted by Gasteiger charge is -1.94. The molecule has 17 heavy (non-hydrogen) atoms. The number of sulfonamides is 1. The van der Waals surface area contributed by atoms with E-state index in [0.29, 0.717) is 5.56 Å². The summed E-state index contributed by atoms with van der Waals surface area (Å²) in [6, 6.07) is 8.55. The van der Waals surface area contributed by atoms with Crippen molar-refractivity contribution >= 4 is 27.6 Å².